The van der Waals surface area contributed by atoms with Gasteiger partial charge in [-0.2, -0.15) is 0 Å². The van der Waals surface area contributed by atoms with E-state index in [-0.39, 0.29) is 17.0 Å². The third-order valence-corrected chi connectivity index (χ3v) is 6.33. The van der Waals surface area contributed by atoms with Crippen LogP contribution in [0.4, 0.5) is 5.69 Å². The topological polar surface area (TPSA) is 107 Å². The number of nitrogens with zero attached hydrogens (tertiary/aromatic N) is 1. The van der Waals surface area contributed by atoms with Crippen LogP contribution in [0.25, 0.3) is 0 Å². The Bertz CT molecular complexity index is 1160. The summed E-state index contributed by atoms with van der Waals surface area (Å²) >= 11 is 0. The molecule has 1 amide bonds. The molecule has 0 aliphatic heterocycles. The van der Waals surface area contributed by atoms with Crippen LogP contribution in [-0.4, -0.2) is 26.4 Å². The van der Waals surface area contributed by atoms with E-state index in [1.807, 2.05) is 30.3 Å². The summed E-state index contributed by atoms with van der Waals surface area (Å²) in [6.45, 7) is 1.46. The maximum atomic E-state index is 13.5. The summed E-state index contributed by atoms with van der Waals surface area (Å²) < 4.78 is 33.3. The van der Waals surface area contributed by atoms with E-state index in [1.165, 1.54) is 35.5 Å². The molecule has 1 atom stereocenters. The molecule has 0 saturated heterocycles. The monoisotopic (exact) mass is 438 g/mol. The van der Waals surface area contributed by atoms with Crippen molar-refractivity contribution in [2.45, 2.75) is 24.5 Å². The van der Waals surface area contributed by atoms with E-state index in [1.54, 1.807) is 30.3 Å². The number of anilines is 1. The first kappa shape index (κ1) is 22.0. The van der Waals surface area contributed by atoms with Crippen molar-refractivity contribution in [1.82, 2.24) is 0 Å². The molecule has 31 heavy (non-hydrogen) atoms. The Hall–Kier alpha value is -3.65. The Morgan fingerprint density at radius 1 is 0.935 bits per heavy atom. The predicted octanol–water partition coefficient (Wildman–Crippen LogP) is 3.11. The number of carbonyl (C=O) groups is 2. The van der Waals surface area contributed by atoms with Crippen LogP contribution >= 0.6 is 0 Å². The van der Waals surface area contributed by atoms with Crippen molar-refractivity contribution in [2.75, 3.05) is 4.31 Å². The number of para-hydroxylation sites is 1. The van der Waals surface area contributed by atoms with E-state index < -0.39 is 28.0 Å². The molecule has 0 spiro atoms. The predicted molar refractivity (Wildman–Crippen MR) is 117 cm³/mol. The normalized spacial score (nSPS) is 12.0. The highest BCUT2D eigenvalue weighted by Crippen LogP contribution is 2.26. The van der Waals surface area contributed by atoms with Crippen LogP contribution in [-0.2, 0) is 26.1 Å². The van der Waals surface area contributed by atoms with Crippen molar-refractivity contribution < 1.29 is 22.7 Å². The summed E-state index contributed by atoms with van der Waals surface area (Å²) in [4.78, 5) is 23.4. The van der Waals surface area contributed by atoms with Gasteiger partial charge in [0.05, 0.1) is 22.7 Å². The lowest BCUT2D eigenvalue weighted by molar-refractivity contribution is -0.125. The minimum Gasteiger partial charge on any atom is -0.449 e. The Kier molecular flexibility index (Phi) is 6.71. The zero-order valence-corrected chi connectivity index (χ0v) is 17.7. The lowest BCUT2D eigenvalue weighted by Crippen LogP contribution is -2.31. The molecule has 7 nitrogen and oxygen atoms in total. The van der Waals surface area contributed by atoms with Crippen molar-refractivity contribution in [3.8, 4) is 0 Å². The van der Waals surface area contributed by atoms with Crippen molar-refractivity contribution in [3.05, 3.63) is 96.1 Å². The average Bonchev–Trinajstić information content (AvgIpc) is 2.78. The largest absolute Gasteiger partial charge is 0.449 e. The molecule has 0 saturated carbocycles. The third-order valence-electron chi connectivity index (χ3n) is 4.56. The first-order chi connectivity index (χ1) is 14.8. The van der Waals surface area contributed by atoms with Gasteiger partial charge in [0.1, 0.15) is 0 Å². The summed E-state index contributed by atoms with van der Waals surface area (Å²) in [5.41, 5.74) is 6.42. The summed E-state index contributed by atoms with van der Waals surface area (Å²) in [7, 11) is -4.02. The minimum atomic E-state index is -4.02. The summed E-state index contributed by atoms with van der Waals surface area (Å²) in [6.07, 6.45) is -1.13. The van der Waals surface area contributed by atoms with Crippen LogP contribution < -0.4 is 10.0 Å². The number of hydrogen-bond donors (Lipinski definition) is 1. The van der Waals surface area contributed by atoms with Gasteiger partial charge in [0.2, 0.25) is 0 Å². The number of ether oxygens (including phenoxy) is 1. The zero-order valence-electron chi connectivity index (χ0n) is 16.8. The smallest absolute Gasteiger partial charge is 0.338 e. The van der Waals surface area contributed by atoms with Gasteiger partial charge in [0.25, 0.3) is 15.9 Å². The molecular formula is C23H22N2O5S. The maximum Gasteiger partial charge on any atom is 0.338 e. The molecule has 3 aromatic carbocycles. The molecule has 0 unspecified atom stereocenters. The van der Waals surface area contributed by atoms with Crippen LogP contribution in [0.5, 0.6) is 0 Å². The SMILES string of the molecule is C[C@H](OC(=O)c1cccc(S(=O)(=O)N(Cc2ccccc2)c2ccccc2)c1)C(N)=O. The molecule has 3 rings (SSSR count). The molecular weight excluding hydrogens is 416 g/mol. The fourth-order valence-electron chi connectivity index (χ4n) is 2.86. The van der Waals surface area contributed by atoms with E-state index in [2.05, 4.69) is 0 Å². The standard InChI is InChI=1S/C23H22N2O5S/c1-17(22(24)26)30-23(27)19-11-8-14-21(15-19)31(28,29)25(20-12-6-3-7-13-20)16-18-9-4-2-5-10-18/h2-15,17H,16H2,1H3,(H2,24,26)/t17-/m0/s1. The molecule has 2 N–H and O–H groups in total. The van der Waals surface area contributed by atoms with Crippen LogP contribution in [0.1, 0.15) is 22.8 Å². The second-order valence-electron chi connectivity index (χ2n) is 6.81. The van der Waals surface area contributed by atoms with E-state index in [0.717, 1.165) is 5.56 Å². The number of rotatable bonds is 8. The number of amides is 1. The highest BCUT2D eigenvalue weighted by Gasteiger charge is 2.26. The van der Waals surface area contributed by atoms with Crippen LogP contribution in [0.2, 0.25) is 0 Å². The highest BCUT2D eigenvalue weighted by atomic mass is 32.2. The maximum absolute atomic E-state index is 13.5. The van der Waals surface area contributed by atoms with Gasteiger partial charge in [-0.25, -0.2) is 13.2 Å². The number of esters is 1. The van der Waals surface area contributed by atoms with Crippen molar-refractivity contribution >= 4 is 27.6 Å². The fourth-order valence-corrected chi connectivity index (χ4v) is 4.36. The van der Waals surface area contributed by atoms with Crippen molar-refractivity contribution in [2.24, 2.45) is 5.73 Å². The van der Waals surface area contributed by atoms with Gasteiger partial charge in [0, 0.05) is 0 Å². The van der Waals surface area contributed by atoms with Gasteiger partial charge in [-0.15, -0.1) is 0 Å². The Balaban J connectivity index is 1.98. The molecule has 0 fully saturated rings. The summed E-state index contributed by atoms with van der Waals surface area (Å²) in [5.74, 6) is -1.63. The molecule has 0 aliphatic carbocycles. The second kappa shape index (κ2) is 9.44. The molecule has 0 heterocycles. The highest BCUT2D eigenvalue weighted by molar-refractivity contribution is 7.92. The lowest BCUT2D eigenvalue weighted by atomic mass is 10.2. The Morgan fingerprint density at radius 2 is 1.55 bits per heavy atom. The Morgan fingerprint density at radius 3 is 2.16 bits per heavy atom. The van der Waals surface area contributed by atoms with Crippen LogP contribution in [0.15, 0.2) is 89.8 Å². The zero-order chi connectivity index (χ0) is 22.4. The summed E-state index contributed by atoms with van der Waals surface area (Å²) in [6, 6.07) is 23.4. The number of primary amides is 1. The third kappa shape index (κ3) is 5.29. The van der Waals surface area contributed by atoms with Gasteiger partial charge in [-0.05, 0) is 42.8 Å². The Labute approximate surface area is 181 Å². The number of hydrogen-bond acceptors (Lipinski definition) is 5. The van der Waals surface area contributed by atoms with E-state index in [4.69, 9.17) is 10.5 Å². The lowest BCUT2D eigenvalue weighted by Gasteiger charge is -2.25. The number of carbonyl (C=O) groups excluding carboxylic acids is 2. The van der Waals surface area contributed by atoms with Crippen molar-refractivity contribution in [3.63, 3.8) is 0 Å². The molecule has 0 aromatic heterocycles. The minimum absolute atomic E-state index is 0.00176. The molecule has 0 radical (unpaired) electrons. The second-order valence-corrected chi connectivity index (χ2v) is 8.67. The van der Waals surface area contributed by atoms with E-state index >= 15 is 0 Å². The van der Waals surface area contributed by atoms with Crippen LogP contribution in [0, 0.1) is 0 Å². The van der Waals surface area contributed by atoms with Crippen molar-refractivity contribution in [1.29, 1.82) is 0 Å². The van der Waals surface area contributed by atoms with Gasteiger partial charge < -0.3 is 10.5 Å². The first-order valence-corrected chi connectivity index (χ1v) is 10.9. The molecule has 160 valence electrons. The fraction of sp³-hybridized carbons (Fsp3) is 0.130. The molecule has 3 aromatic rings. The quantitative estimate of drug-likeness (QED) is 0.544. The van der Waals surface area contributed by atoms with Gasteiger partial charge in [-0.1, -0.05) is 54.6 Å². The summed E-state index contributed by atoms with van der Waals surface area (Å²) in [5, 5.41) is 0. The molecule has 0 bridgehead atoms. The van der Waals surface area contributed by atoms with E-state index in [9.17, 15) is 18.0 Å². The first-order valence-electron chi connectivity index (χ1n) is 9.51. The van der Waals surface area contributed by atoms with Gasteiger partial charge >= 0.3 is 5.97 Å². The molecule has 0 aliphatic rings. The van der Waals surface area contributed by atoms with Gasteiger partial charge in [-0.3, -0.25) is 9.10 Å². The molecule has 8 heteroatoms. The van der Waals surface area contributed by atoms with Gasteiger partial charge in [0.15, 0.2) is 6.10 Å². The number of sulfonamides is 1. The average molecular weight is 439 g/mol. The van der Waals surface area contributed by atoms with E-state index in [0.29, 0.717) is 5.69 Å². The van der Waals surface area contributed by atoms with Crippen LogP contribution in [0.3, 0.4) is 0 Å². The number of nitrogens with two attached hydrogens (primary N) is 1. The number of benzene rings is 3.